The standard InChI is InChI=1S/C19H17ClN2O4/c1-12(26-14-9-7-13(20)8-10-14)11-25-19(24)17-15-5-3-4-6-16(15)18(23)22(2)21-17/h3-10,12H,11H2,1-2H3/t12-/m0/s1. The van der Waals surface area contributed by atoms with Crippen LogP contribution in [0.2, 0.25) is 5.02 Å². The summed E-state index contributed by atoms with van der Waals surface area (Å²) in [7, 11) is 1.50. The zero-order valence-corrected chi connectivity index (χ0v) is 15.1. The molecule has 0 amide bonds. The van der Waals surface area contributed by atoms with Crippen LogP contribution in [0.25, 0.3) is 10.8 Å². The highest BCUT2D eigenvalue weighted by atomic mass is 35.5. The molecule has 0 aliphatic heterocycles. The topological polar surface area (TPSA) is 70.4 Å². The zero-order chi connectivity index (χ0) is 18.7. The molecule has 3 rings (SSSR count). The fourth-order valence-electron chi connectivity index (χ4n) is 2.49. The summed E-state index contributed by atoms with van der Waals surface area (Å²) in [6.45, 7) is 1.83. The van der Waals surface area contributed by atoms with E-state index in [0.29, 0.717) is 21.5 Å². The van der Waals surface area contributed by atoms with Crippen molar-refractivity contribution in [2.45, 2.75) is 13.0 Å². The molecule has 0 fully saturated rings. The second-order valence-corrected chi connectivity index (χ2v) is 6.24. The molecule has 6 nitrogen and oxygen atoms in total. The van der Waals surface area contributed by atoms with E-state index in [9.17, 15) is 9.59 Å². The highest BCUT2D eigenvalue weighted by Gasteiger charge is 2.18. The Morgan fingerprint density at radius 2 is 1.81 bits per heavy atom. The van der Waals surface area contributed by atoms with Crippen molar-refractivity contribution in [3.63, 3.8) is 0 Å². The third-order valence-electron chi connectivity index (χ3n) is 3.75. The summed E-state index contributed by atoms with van der Waals surface area (Å²) in [6.07, 6.45) is -0.362. The number of carbonyl (C=O) groups is 1. The van der Waals surface area contributed by atoms with Crippen LogP contribution in [-0.2, 0) is 11.8 Å². The summed E-state index contributed by atoms with van der Waals surface area (Å²) in [5, 5.41) is 5.55. The molecule has 0 unspecified atom stereocenters. The molecule has 3 aromatic rings. The second-order valence-electron chi connectivity index (χ2n) is 5.80. The quantitative estimate of drug-likeness (QED) is 0.643. The number of halogens is 1. The van der Waals surface area contributed by atoms with E-state index in [2.05, 4.69) is 5.10 Å². The SMILES string of the molecule is C[C@@H](COC(=O)c1nn(C)c(=O)c2ccccc12)Oc1ccc(Cl)cc1. The Kier molecular flexibility index (Phi) is 5.23. The minimum absolute atomic E-state index is 0.0420. The summed E-state index contributed by atoms with van der Waals surface area (Å²) in [6, 6.07) is 13.7. The van der Waals surface area contributed by atoms with E-state index in [4.69, 9.17) is 21.1 Å². The van der Waals surface area contributed by atoms with Gasteiger partial charge in [-0.1, -0.05) is 29.8 Å². The maximum Gasteiger partial charge on any atom is 0.359 e. The van der Waals surface area contributed by atoms with Crippen LogP contribution in [0.15, 0.2) is 53.3 Å². The summed E-state index contributed by atoms with van der Waals surface area (Å²) in [4.78, 5) is 24.6. The molecule has 0 bridgehead atoms. The fourth-order valence-corrected chi connectivity index (χ4v) is 2.62. The summed E-state index contributed by atoms with van der Waals surface area (Å²) < 4.78 is 12.1. The van der Waals surface area contributed by atoms with Crippen molar-refractivity contribution < 1.29 is 14.3 Å². The number of aryl methyl sites for hydroxylation is 1. The minimum Gasteiger partial charge on any atom is -0.487 e. The molecule has 1 aromatic heterocycles. The third kappa shape index (κ3) is 3.86. The molecular formula is C19H17ClN2O4. The molecule has 2 aromatic carbocycles. The van der Waals surface area contributed by atoms with Gasteiger partial charge in [0.2, 0.25) is 0 Å². The van der Waals surface area contributed by atoms with Gasteiger partial charge < -0.3 is 9.47 Å². The molecule has 0 saturated carbocycles. The number of hydrogen-bond donors (Lipinski definition) is 0. The lowest BCUT2D eigenvalue weighted by Crippen LogP contribution is -2.26. The van der Waals surface area contributed by atoms with Gasteiger partial charge >= 0.3 is 5.97 Å². The Morgan fingerprint density at radius 3 is 2.50 bits per heavy atom. The van der Waals surface area contributed by atoms with Crippen molar-refractivity contribution in [1.29, 1.82) is 0 Å². The van der Waals surface area contributed by atoms with Crippen LogP contribution in [-0.4, -0.2) is 28.5 Å². The van der Waals surface area contributed by atoms with Crippen LogP contribution >= 0.6 is 11.6 Å². The van der Waals surface area contributed by atoms with Crippen LogP contribution in [0, 0.1) is 0 Å². The molecule has 0 aliphatic rings. The summed E-state index contributed by atoms with van der Waals surface area (Å²) in [5.74, 6) is 0.0204. The average Bonchev–Trinajstić information content (AvgIpc) is 2.64. The van der Waals surface area contributed by atoms with Crippen molar-refractivity contribution in [1.82, 2.24) is 9.78 Å². The average molecular weight is 373 g/mol. The molecule has 26 heavy (non-hydrogen) atoms. The third-order valence-corrected chi connectivity index (χ3v) is 4.00. The van der Waals surface area contributed by atoms with E-state index in [1.54, 1.807) is 55.5 Å². The lowest BCUT2D eigenvalue weighted by Gasteiger charge is -2.15. The number of benzene rings is 2. The van der Waals surface area contributed by atoms with E-state index in [1.165, 1.54) is 7.05 Å². The number of rotatable bonds is 5. The Balaban J connectivity index is 1.72. The summed E-state index contributed by atoms with van der Waals surface area (Å²) >= 11 is 5.83. The molecule has 134 valence electrons. The van der Waals surface area contributed by atoms with Gasteiger partial charge in [-0.25, -0.2) is 9.48 Å². The van der Waals surface area contributed by atoms with Crippen LogP contribution in [0.3, 0.4) is 0 Å². The van der Waals surface area contributed by atoms with Gasteiger partial charge in [0.05, 0.1) is 5.39 Å². The fraction of sp³-hybridized carbons (Fsp3) is 0.211. The van der Waals surface area contributed by atoms with Gasteiger partial charge in [-0.3, -0.25) is 4.79 Å². The van der Waals surface area contributed by atoms with Crippen LogP contribution in [0.1, 0.15) is 17.4 Å². The first-order valence-electron chi connectivity index (χ1n) is 8.01. The molecule has 0 radical (unpaired) electrons. The van der Waals surface area contributed by atoms with E-state index in [-0.39, 0.29) is 24.0 Å². The lowest BCUT2D eigenvalue weighted by molar-refractivity contribution is 0.0335. The molecule has 0 N–H and O–H groups in total. The Bertz CT molecular complexity index is 999. The zero-order valence-electron chi connectivity index (χ0n) is 14.3. The molecule has 1 atom stereocenters. The van der Waals surface area contributed by atoms with E-state index in [0.717, 1.165) is 4.68 Å². The largest absolute Gasteiger partial charge is 0.487 e. The van der Waals surface area contributed by atoms with E-state index < -0.39 is 5.97 Å². The number of esters is 1. The van der Waals surface area contributed by atoms with Crippen molar-refractivity contribution in [2.24, 2.45) is 7.05 Å². The van der Waals surface area contributed by atoms with Gasteiger partial charge in [0, 0.05) is 17.5 Å². The van der Waals surface area contributed by atoms with E-state index >= 15 is 0 Å². The summed E-state index contributed by atoms with van der Waals surface area (Å²) in [5.41, 5.74) is -0.169. The Labute approximate surface area is 154 Å². The number of aromatic nitrogens is 2. The number of nitrogens with zero attached hydrogens (tertiary/aromatic N) is 2. The van der Waals surface area contributed by atoms with Gasteiger partial charge in [-0.05, 0) is 37.3 Å². The molecule has 7 heteroatoms. The Morgan fingerprint density at radius 1 is 1.15 bits per heavy atom. The second kappa shape index (κ2) is 7.58. The molecule has 0 spiro atoms. The van der Waals surface area contributed by atoms with Gasteiger partial charge in [0.25, 0.3) is 5.56 Å². The van der Waals surface area contributed by atoms with Crippen molar-refractivity contribution in [3.05, 3.63) is 69.6 Å². The number of fused-ring (bicyclic) bond motifs is 1. The molecular weight excluding hydrogens is 356 g/mol. The van der Waals surface area contributed by atoms with Crippen LogP contribution in [0.4, 0.5) is 0 Å². The smallest absolute Gasteiger partial charge is 0.359 e. The first-order valence-corrected chi connectivity index (χ1v) is 8.39. The van der Waals surface area contributed by atoms with Gasteiger partial charge in [-0.15, -0.1) is 0 Å². The first-order chi connectivity index (χ1) is 12.5. The van der Waals surface area contributed by atoms with Crippen molar-refractivity contribution in [2.75, 3.05) is 6.61 Å². The first kappa shape index (κ1) is 17.9. The van der Waals surface area contributed by atoms with Crippen LogP contribution < -0.4 is 10.3 Å². The van der Waals surface area contributed by atoms with Gasteiger partial charge in [0.15, 0.2) is 5.69 Å². The van der Waals surface area contributed by atoms with Crippen LogP contribution in [0.5, 0.6) is 5.75 Å². The molecule has 0 aliphatic carbocycles. The molecule has 1 heterocycles. The number of ether oxygens (including phenoxy) is 2. The highest BCUT2D eigenvalue weighted by Crippen LogP contribution is 2.17. The maximum atomic E-state index is 12.5. The Hall–Kier alpha value is -2.86. The van der Waals surface area contributed by atoms with Gasteiger partial charge in [0.1, 0.15) is 18.5 Å². The minimum atomic E-state index is -0.608. The van der Waals surface area contributed by atoms with Crippen molar-refractivity contribution >= 4 is 28.3 Å². The maximum absolute atomic E-state index is 12.5. The van der Waals surface area contributed by atoms with E-state index in [1.807, 2.05) is 0 Å². The molecule has 0 saturated heterocycles. The normalized spacial score (nSPS) is 12.0. The number of hydrogen-bond acceptors (Lipinski definition) is 5. The number of carbonyl (C=O) groups excluding carboxylic acids is 1. The van der Waals surface area contributed by atoms with Crippen molar-refractivity contribution in [3.8, 4) is 5.75 Å². The predicted molar refractivity (Wildman–Crippen MR) is 98.8 cm³/mol. The predicted octanol–water partition coefficient (Wildman–Crippen LogP) is 3.21. The highest BCUT2D eigenvalue weighted by molar-refractivity contribution is 6.30. The van der Waals surface area contributed by atoms with Gasteiger partial charge in [-0.2, -0.15) is 5.10 Å². The lowest BCUT2D eigenvalue weighted by atomic mass is 10.1. The monoisotopic (exact) mass is 372 g/mol.